The number of amides is 1. The Morgan fingerprint density at radius 1 is 1.48 bits per heavy atom. The number of sulfonamides is 1. The molecule has 1 heterocycles. The molecule has 0 aliphatic heterocycles. The minimum absolute atomic E-state index is 0.0299. The Balaban J connectivity index is 2.32. The van der Waals surface area contributed by atoms with Crippen LogP contribution in [0.2, 0.25) is 0 Å². The van der Waals surface area contributed by atoms with Crippen LogP contribution in [-0.2, 0) is 10.0 Å². The Morgan fingerprint density at radius 3 is 2.57 bits per heavy atom. The Hall–Kier alpha value is -1.94. The van der Waals surface area contributed by atoms with Crippen LogP contribution in [-0.4, -0.2) is 29.0 Å². The molecule has 0 saturated heterocycles. The van der Waals surface area contributed by atoms with E-state index in [1.165, 1.54) is 6.20 Å². The zero-order chi connectivity index (χ0) is 15.8. The summed E-state index contributed by atoms with van der Waals surface area (Å²) in [4.78, 5) is 20.4. The minimum atomic E-state index is -3.89. The summed E-state index contributed by atoms with van der Waals surface area (Å²) in [5.74, 6) is 2.02. The highest BCUT2D eigenvalue weighted by Gasteiger charge is 2.54. The molecule has 1 amide bonds. The molecule has 1 aliphatic carbocycles. The van der Waals surface area contributed by atoms with E-state index in [2.05, 4.69) is 20.6 Å². The van der Waals surface area contributed by atoms with Crippen molar-refractivity contribution >= 4 is 15.9 Å². The minimum Gasteiger partial charge on any atom is -0.268 e. The van der Waals surface area contributed by atoms with Crippen molar-refractivity contribution in [2.24, 2.45) is 0 Å². The predicted octanol–water partition coefficient (Wildman–Crippen LogP) is 1.13. The lowest BCUT2D eigenvalue weighted by molar-refractivity contribution is 0.0979. The molecular formula is C14H17N3O3S. The second-order valence-corrected chi connectivity index (χ2v) is 7.44. The highest BCUT2D eigenvalue weighted by Crippen LogP contribution is 2.42. The van der Waals surface area contributed by atoms with Crippen molar-refractivity contribution < 1.29 is 13.2 Å². The molecule has 112 valence electrons. The molecule has 6 nitrogen and oxygen atoms in total. The molecule has 21 heavy (non-hydrogen) atoms. The molecule has 0 spiro atoms. The molecule has 1 aromatic heterocycles. The van der Waals surface area contributed by atoms with Crippen LogP contribution in [0, 0.1) is 19.3 Å². The molecule has 0 atom stereocenters. The molecule has 1 N–H and O–H groups in total. The fourth-order valence-electron chi connectivity index (χ4n) is 1.98. The highest BCUT2D eigenvalue weighted by atomic mass is 32.2. The Labute approximate surface area is 124 Å². The Morgan fingerprint density at radius 2 is 2.10 bits per heavy atom. The van der Waals surface area contributed by atoms with Crippen molar-refractivity contribution in [3.63, 3.8) is 0 Å². The van der Waals surface area contributed by atoms with Crippen molar-refractivity contribution in [1.29, 1.82) is 0 Å². The third kappa shape index (κ3) is 2.76. The van der Waals surface area contributed by atoms with Crippen LogP contribution in [0.15, 0.2) is 6.20 Å². The van der Waals surface area contributed by atoms with Crippen molar-refractivity contribution in [3.05, 3.63) is 23.3 Å². The highest BCUT2D eigenvalue weighted by molar-refractivity contribution is 7.92. The SMILES string of the molecule is C#CC1(S(=O)(=O)NC(=O)c2cnc(C)nc2C(C)C)CC1. The van der Waals surface area contributed by atoms with E-state index < -0.39 is 20.7 Å². The molecule has 1 aromatic rings. The number of carbonyl (C=O) groups is 1. The molecule has 1 fully saturated rings. The third-order valence-electron chi connectivity index (χ3n) is 3.44. The first kappa shape index (κ1) is 15.4. The lowest BCUT2D eigenvalue weighted by Gasteiger charge is -2.14. The van der Waals surface area contributed by atoms with Crippen LogP contribution < -0.4 is 4.72 Å². The fourth-order valence-corrected chi connectivity index (χ4v) is 3.33. The second kappa shape index (κ2) is 5.11. The molecule has 0 bridgehead atoms. The molecular weight excluding hydrogens is 290 g/mol. The van der Waals surface area contributed by atoms with E-state index in [0.717, 1.165) is 0 Å². The van der Waals surface area contributed by atoms with E-state index in [1.807, 2.05) is 13.8 Å². The van der Waals surface area contributed by atoms with Crippen molar-refractivity contribution in [2.45, 2.75) is 44.3 Å². The van der Waals surface area contributed by atoms with Crippen LogP contribution in [0.5, 0.6) is 0 Å². The van der Waals surface area contributed by atoms with Gasteiger partial charge in [0.1, 0.15) is 5.82 Å². The Bertz CT molecular complexity index is 728. The summed E-state index contributed by atoms with van der Waals surface area (Å²) in [6.07, 6.45) is 7.34. The van der Waals surface area contributed by atoms with Gasteiger partial charge in [0, 0.05) is 6.20 Å². The smallest absolute Gasteiger partial charge is 0.268 e. The van der Waals surface area contributed by atoms with E-state index in [4.69, 9.17) is 6.42 Å². The van der Waals surface area contributed by atoms with Crippen LogP contribution in [0.1, 0.15) is 54.5 Å². The third-order valence-corrected chi connectivity index (χ3v) is 5.45. The number of nitrogens with one attached hydrogen (secondary N) is 1. The molecule has 1 aliphatic rings. The summed E-state index contributed by atoms with van der Waals surface area (Å²) in [6, 6.07) is 0. The topological polar surface area (TPSA) is 89.0 Å². The van der Waals surface area contributed by atoms with Gasteiger partial charge in [-0.3, -0.25) is 4.79 Å². The van der Waals surface area contributed by atoms with Gasteiger partial charge in [-0.2, -0.15) is 0 Å². The molecule has 0 aromatic carbocycles. The zero-order valence-corrected chi connectivity index (χ0v) is 13.0. The second-order valence-electron chi connectivity index (χ2n) is 5.44. The van der Waals surface area contributed by atoms with Crippen LogP contribution >= 0.6 is 0 Å². The number of hydrogen-bond donors (Lipinski definition) is 1. The van der Waals surface area contributed by atoms with Gasteiger partial charge in [0.15, 0.2) is 4.75 Å². The molecule has 7 heteroatoms. The monoisotopic (exact) mass is 307 g/mol. The van der Waals surface area contributed by atoms with Gasteiger partial charge in [-0.15, -0.1) is 6.42 Å². The summed E-state index contributed by atoms with van der Waals surface area (Å²) in [5.41, 5.74) is 0.674. The van der Waals surface area contributed by atoms with Crippen LogP contribution in [0.4, 0.5) is 0 Å². The quantitative estimate of drug-likeness (QED) is 0.842. The first-order chi connectivity index (χ1) is 9.72. The number of aromatic nitrogens is 2. The lowest BCUT2D eigenvalue weighted by atomic mass is 10.0. The van der Waals surface area contributed by atoms with Crippen LogP contribution in [0.25, 0.3) is 0 Å². The molecule has 0 radical (unpaired) electrons. The molecule has 0 unspecified atom stereocenters. The lowest BCUT2D eigenvalue weighted by Crippen LogP contribution is -2.39. The number of nitrogens with zero attached hydrogens (tertiary/aromatic N) is 2. The molecule has 1 saturated carbocycles. The van der Waals surface area contributed by atoms with Gasteiger partial charge in [0.2, 0.25) is 0 Å². The number of carbonyl (C=O) groups excluding carboxylic acids is 1. The zero-order valence-electron chi connectivity index (χ0n) is 12.2. The number of terminal acetylenes is 1. The van der Waals surface area contributed by atoms with E-state index >= 15 is 0 Å². The summed E-state index contributed by atoms with van der Waals surface area (Å²) < 4.78 is 25.1. The number of aryl methyl sites for hydroxylation is 1. The van der Waals surface area contributed by atoms with Crippen molar-refractivity contribution in [2.75, 3.05) is 0 Å². The Kier molecular flexibility index (Phi) is 3.76. The van der Waals surface area contributed by atoms with Crippen molar-refractivity contribution in [1.82, 2.24) is 14.7 Å². The summed E-state index contributed by atoms with van der Waals surface area (Å²) in [5, 5.41) is 0. The number of rotatable bonds is 4. The van der Waals surface area contributed by atoms with E-state index in [0.29, 0.717) is 24.4 Å². The van der Waals surface area contributed by atoms with E-state index in [1.54, 1.807) is 6.92 Å². The van der Waals surface area contributed by atoms with Gasteiger partial charge in [0.25, 0.3) is 15.9 Å². The molecule has 2 rings (SSSR count). The van der Waals surface area contributed by atoms with Gasteiger partial charge in [-0.05, 0) is 25.7 Å². The van der Waals surface area contributed by atoms with E-state index in [-0.39, 0.29) is 11.5 Å². The van der Waals surface area contributed by atoms with Gasteiger partial charge in [-0.25, -0.2) is 23.1 Å². The predicted molar refractivity (Wildman–Crippen MR) is 78.0 cm³/mol. The summed E-state index contributed by atoms with van der Waals surface area (Å²) in [6.45, 7) is 5.45. The van der Waals surface area contributed by atoms with Gasteiger partial charge in [0.05, 0.1) is 11.3 Å². The maximum absolute atomic E-state index is 12.2. The van der Waals surface area contributed by atoms with Crippen LogP contribution in [0.3, 0.4) is 0 Å². The van der Waals surface area contributed by atoms with E-state index in [9.17, 15) is 13.2 Å². The fraction of sp³-hybridized carbons (Fsp3) is 0.500. The first-order valence-corrected chi connectivity index (χ1v) is 8.09. The maximum Gasteiger partial charge on any atom is 0.268 e. The number of hydrogen-bond acceptors (Lipinski definition) is 5. The normalized spacial score (nSPS) is 16.3. The van der Waals surface area contributed by atoms with Gasteiger partial charge >= 0.3 is 0 Å². The van der Waals surface area contributed by atoms with Gasteiger partial charge in [-0.1, -0.05) is 19.8 Å². The average molecular weight is 307 g/mol. The first-order valence-electron chi connectivity index (χ1n) is 6.60. The van der Waals surface area contributed by atoms with Crippen molar-refractivity contribution in [3.8, 4) is 12.3 Å². The maximum atomic E-state index is 12.2. The summed E-state index contributed by atoms with van der Waals surface area (Å²) in [7, 11) is -3.89. The largest absolute Gasteiger partial charge is 0.268 e. The summed E-state index contributed by atoms with van der Waals surface area (Å²) >= 11 is 0. The standard InChI is InChI=1S/C14H17N3O3S/c1-5-14(6-7-14)21(19,20)17-13(18)11-8-15-10(4)16-12(11)9(2)3/h1,8-9H,6-7H2,2-4H3,(H,17,18). The van der Waals surface area contributed by atoms with Gasteiger partial charge < -0.3 is 0 Å². The average Bonchev–Trinajstić information content (AvgIpc) is 3.19.